The molecule has 1 saturated carbocycles. The molecule has 2 amide bonds. The van der Waals surface area contributed by atoms with E-state index < -0.39 is 9.84 Å². The van der Waals surface area contributed by atoms with E-state index in [0.717, 1.165) is 5.56 Å². The molecule has 1 aliphatic rings. The highest BCUT2D eigenvalue weighted by molar-refractivity contribution is 7.91. The van der Waals surface area contributed by atoms with Gasteiger partial charge in [0.2, 0.25) is 9.84 Å². The Balaban J connectivity index is 1.38. The predicted molar refractivity (Wildman–Crippen MR) is 117 cm³/mol. The van der Waals surface area contributed by atoms with Crippen molar-refractivity contribution < 1.29 is 17.9 Å². The second-order valence-corrected chi connectivity index (χ2v) is 9.38. The first-order chi connectivity index (χ1) is 15.0. The van der Waals surface area contributed by atoms with E-state index >= 15 is 0 Å². The third-order valence-corrected chi connectivity index (χ3v) is 6.66. The minimum Gasteiger partial charge on any atom is -0.493 e. The number of hydrogen-bond donors (Lipinski definition) is 2. The number of carbonyl (C=O) groups is 1. The number of urea groups is 1. The molecule has 0 radical (unpaired) electrons. The second-order valence-electron chi connectivity index (χ2n) is 7.43. The zero-order valence-corrected chi connectivity index (χ0v) is 17.6. The number of ether oxygens (including phenoxy) is 1. The number of benzene rings is 2. The van der Waals surface area contributed by atoms with E-state index in [4.69, 9.17) is 4.74 Å². The maximum atomic E-state index is 13.0. The van der Waals surface area contributed by atoms with Gasteiger partial charge in [-0.2, -0.15) is 0 Å². The largest absolute Gasteiger partial charge is 0.493 e. The highest BCUT2D eigenvalue weighted by atomic mass is 32.2. The van der Waals surface area contributed by atoms with Gasteiger partial charge in [0.25, 0.3) is 0 Å². The van der Waals surface area contributed by atoms with Crippen molar-refractivity contribution in [1.82, 2.24) is 10.3 Å². The highest BCUT2D eigenvalue weighted by Crippen LogP contribution is 2.30. The monoisotopic (exact) mass is 437 g/mol. The van der Waals surface area contributed by atoms with Crippen LogP contribution in [0.5, 0.6) is 5.75 Å². The quantitative estimate of drug-likeness (QED) is 0.555. The number of pyridine rings is 1. The summed E-state index contributed by atoms with van der Waals surface area (Å²) in [7, 11) is -3.69. The third-order valence-electron chi connectivity index (χ3n) is 4.90. The molecular formula is C23H23N3O4S. The lowest BCUT2D eigenvalue weighted by atomic mass is 10.3. The SMILES string of the molecule is O=C(NCc1cccnc1)Nc1ccc(S(=O)(=O)c2cccc(OCC3CC3)c2)cc1. The van der Waals surface area contributed by atoms with Crippen LogP contribution in [-0.4, -0.2) is 26.0 Å². The normalized spacial score (nSPS) is 13.4. The molecule has 3 aromatic rings. The lowest BCUT2D eigenvalue weighted by Crippen LogP contribution is -2.28. The average Bonchev–Trinajstić information content (AvgIpc) is 3.62. The van der Waals surface area contributed by atoms with E-state index in [9.17, 15) is 13.2 Å². The maximum Gasteiger partial charge on any atom is 0.319 e. The maximum absolute atomic E-state index is 13.0. The molecular weight excluding hydrogens is 414 g/mol. The van der Waals surface area contributed by atoms with Crippen molar-refractivity contribution in [3.8, 4) is 5.75 Å². The van der Waals surface area contributed by atoms with Crippen molar-refractivity contribution in [1.29, 1.82) is 0 Å². The van der Waals surface area contributed by atoms with Crippen molar-refractivity contribution >= 4 is 21.6 Å². The molecule has 2 N–H and O–H groups in total. The Bertz CT molecular complexity index is 1140. The molecule has 0 aliphatic heterocycles. The van der Waals surface area contributed by atoms with E-state index in [0.29, 0.717) is 30.5 Å². The van der Waals surface area contributed by atoms with Gasteiger partial charge in [0.1, 0.15) is 5.75 Å². The van der Waals surface area contributed by atoms with Gasteiger partial charge in [0.15, 0.2) is 0 Å². The van der Waals surface area contributed by atoms with Gasteiger partial charge < -0.3 is 15.4 Å². The van der Waals surface area contributed by atoms with Crippen molar-refractivity contribution in [3.63, 3.8) is 0 Å². The van der Waals surface area contributed by atoms with Crippen LogP contribution in [0.3, 0.4) is 0 Å². The molecule has 8 heteroatoms. The molecule has 4 rings (SSSR count). The summed E-state index contributed by atoms with van der Waals surface area (Å²) < 4.78 is 31.6. The van der Waals surface area contributed by atoms with Gasteiger partial charge >= 0.3 is 6.03 Å². The van der Waals surface area contributed by atoms with Crippen LogP contribution in [0, 0.1) is 5.92 Å². The first-order valence-corrected chi connectivity index (χ1v) is 11.5. The summed E-state index contributed by atoms with van der Waals surface area (Å²) in [6.45, 7) is 0.956. The summed E-state index contributed by atoms with van der Waals surface area (Å²) in [5.41, 5.74) is 1.37. The van der Waals surface area contributed by atoms with Gasteiger partial charge in [-0.1, -0.05) is 12.1 Å². The number of aromatic nitrogens is 1. The molecule has 1 fully saturated rings. The molecule has 1 aliphatic carbocycles. The molecule has 0 spiro atoms. The van der Waals surface area contributed by atoms with E-state index in [2.05, 4.69) is 15.6 Å². The molecule has 1 aromatic heterocycles. The van der Waals surface area contributed by atoms with Gasteiger partial charge in [0, 0.05) is 24.6 Å². The fourth-order valence-electron chi connectivity index (χ4n) is 2.94. The summed E-state index contributed by atoms with van der Waals surface area (Å²) in [6, 6.07) is 15.9. The van der Waals surface area contributed by atoms with Crippen molar-refractivity contribution in [3.05, 3.63) is 78.6 Å². The number of sulfone groups is 1. The minimum absolute atomic E-state index is 0.146. The number of hydrogen-bond acceptors (Lipinski definition) is 5. The van der Waals surface area contributed by atoms with Crippen LogP contribution < -0.4 is 15.4 Å². The fourth-order valence-corrected chi connectivity index (χ4v) is 4.24. The van der Waals surface area contributed by atoms with Gasteiger partial charge in [-0.15, -0.1) is 0 Å². The molecule has 1 heterocycles. The van der Waals surface area contributed by atoms with Gasteiger partial charge in [0.05, 0.1) is 16.4 Å². The number of rotatable bonds is 8. The summed E-state index contributed by atoms with van der Waals surface area (Å²) in [4.78, 5) is 16.4. The Morgan fingerprint density at radius 3 is 2.55 bits per heavy atom. The Hall–Kier alpha value is -3.39. The van der Waals surface area contributed by atoms with Crippen LogP contribution in [0.4, 0.5) is 10.5 Å². The lowest BCUT2D eigenvalue weighted by Gasteiger charge is -2.10. The first-order valence-electron chi connectivity index (χ1n) is 10.0. The van der Waals surface area contributed by atoms with E-state index in [1.54, 1.807) is 54.9 Å². The molecule has 0 saturated heterocycles. The molecule has 0 unspecified atom stereocenters. The smallest absolute Gasteiger partial charge is 0.319 e. The molecule has 160 valence electrons. The third kappa shape index (κ3) is 5.61. The Morgan fingerprint density at radius 2 is 1.84 bits per heavy atom. The minimum atomic E-state index is -3.69. The van der Waals surface area contributed by atoms with Crippen LogP contribution in [0.2, 0.25) is 0 Å². The van der Waals surface area contributed by atoms with E-state index in [1.807, 2.05) is 6.07 Å². The standard InChI is InChI=1S/C23H23N3O4S/c27-23(25-15-18-3-2-12-24-14-18)26-19-8-10-21(11-9-19)31(28,29)22-5-1-4-20(13-22)30-16-17-6-7-17/h1-5,8-14,17H,6-7,15-16H2,(H2,25,26,27). The summed E-state index contributed by atoms with van der Waals surface area (Å²) in [6.07, 6.45) is 5.67. The zero-order valence-electron chi connectivity index (χ0n) is 16.8. The second kappa shape index (κ2) is 9.18. The van der Waals surface area contributed by atoms with Crippen molar-refractivity contribution in [2.45, 2.75) is 29.2 Å². The molecule has 0 atom stereocenters. The van der Waals surface area contributed by atoms with Crippen LogP contribution in [-0.2, 0) is 16.4 Å². The van der Waals surface area contributed by atoms with Crippen LogP contribution in [0.25, 0.3) is 0 Å². The Morgan fingerprint density at radius 1 is 1.03 bits per heavy atom. The van der Waals surface area contributed by atoms with Gasteiger partial charge in [-0.3, -0.25) is 4.98 Å². The fraction of sp³-hybridized carbons (Fsp3) is 0.217. The van der Waals surface area contributed by atoms with Crippen molar-refractivity contribution in [2.75, 3.05) is 11.9 Å². The number of anilines is 1. The van der Waals surface area contributed by atoms with Crippen LogP contribution in [0.1, 0.15) is 18.4 Å². The van der Waals surface area contributed by atoms with Crippen LogP contribution in [0.15, 0.2) is 82.8 Å². The Labute approximate surface area is 181 Å². The first kappa shape index (κ1) is 20.9. The average molecular weight is 438 g/mol. The van der Waals surface area contributed by atoms with E-state index in [1.165, 1.54) is 25.0 Å². The lowest BCUT2D eigenvalue weighted by molar-refractivity contribution is 0.251. The predicted octanol–water partition coefficient (Wildman–Crippen LogP) is 4.02. The number of nitrogens with zero attached hydrogens (tertiary/aromatic N) is 1. The number of carbonyl (C=O) groups excluding carboxylic acids is 1. The molecule has 0 bridgehead atoms. The summed E-state index contributed by atoms with van der Waals surface area (Å²) in [5.74, 6) is 1.14. The van der Waals surface area contributed by atoms with Crippen molar-refractivity contribution in [2.24, 2.45) is 5.92 Å². The summed E-state index contributed by atoms with van der Waals surface area (Å²) in [5, 5.41) is 5.41. The molecule has 31 heavy (non-hydrogen) atoms. The zero-order chi connectivity index (χ0) is 21.7. The van der Waals surface area contributed by atoms with Crippen LogP contribution >= 0.6 is 0 Å². The topological polar surface area (TPSA) is 97.4 Å². The van der Waals surface area contributed by atoms with Gasteiger partial charge in [-0.05, 0) is 72.9 Å². The molecule has 7 nitrogen and oxygen atoms in total. The summed E-state index contributed by atoms with van der Waals surface area (Å²) >= 11 is 0. The number of nitrogens with one attached hydrogen (secondary N) is 2. The highest BCUT2D eigenvalue weighted by Gasteiger charge is 2.23. The van der Waals surface area contributed by atoms with Gasteiger partial charge in [-0.25, -0.2) is 13.2 Å². The molecule has 2 aromatic carbocycles. The number of amides is 2. The van der Waals surface area contributed by atoms with E-state index in [-0.39, 0.29) is 15.8 Å². The Kier molecular flexibility index (Phi) is 6.18.